The number of hydrogen-bond donors (Lipinski definition) is 0. The lowest BCUT2D eigenvalue weighted by molar-refractivity contribution is 0.104. The fraction of sp³-hybridized carbons (Fsp3) is 0.240. The minimum atomic E-state index is -1.80. The van der Waals surface area contributed by atoms with Gasteiger partial charge in [0.1, 0.15) is 12.4 Å². The van der Waals surface area contributed by atoms with Crippen molar-refractivity contribution in [3.8, 4) is 28.0 Å². The summed E-state index contributed by atoms with van der Waals surface area (Å²) in [6.07, 6.45) is 0. The molecule has 3 aromatic carbocycles. The molecule has 3 aromatic rings. The summed E-state index contributed by atoms with van der Waals surface area (Å²) in [5.74, 6) is 1.14. The van der Waals surface area contributed by atoms with Gasteiger partial charge in [-0.25, -0.2) is 0 Å². The lowest BCUT2D eigenvalue weighted by Gasteiger charge is -2.31. The normalized spacial score (nSPS) is 14.1. The zero-order valence-corrected chi connectivity index (χ0v) is 18.1. The van der Waals surface area contributed by atoms with Crippen LogP contribution in [0.5, 0.6) is 5.75 Å². The van der Waals surface area contributed by atoms with E-state index in [2.05, 4.69) is 57.8 Å². The molecule has 0 atom stereocenters. The van der Waals surface area contributed by atoms with Crippen LogP contribution in [0.3, 0.4) is 0 Å². The van der Waals surface area contributed by atoms with Crippen LogP contribution in [-0.2, 0) is 6.61 Å². The van der Waals surface area contributed by atoms with E-state index in [1.54, 1.807) is 0 Å². The van der Waals surface area contributed by atoms with Crippen LogP contribution in [0.4, 0.5) is 0 Å². The van der Waals surface area contributed by atoms with Gasteiger partial charge < -0.3 is 4.74 Å². The Morgan fingerprint density at radius 1 is 0.857 bits per heavy atom. The molecule has 0 aromatic heterocycles. The molecule has 0 fully saturated rings. The Morgan fingerprint density at radius 2 is 1.57 bits per heavy atom. The Morgan fingerprint density at radius 3 is 2.29 bits per heavy atom. The largest absolute Gasteiger partial charge is 0.488 e. The van der Waals surface area contributed by atoms with Crippen LogP contribution < -0.4 is 9.92 Å². The third-order valence-electron chi connectivity index (χ3n) is 5.96. The molecule has 2 nitrogen and oxygen atoms in total. The fourth-order valence-corrected chi connectivity index (χ4v) is 7.07. The molecule has 0 saturated heterocycles. The van der Waals surface area contributed by atoms with E-state index in [-0.39, 0.29) is 5.78 Å². The first-order valence-corrected chi connectivity index (χ1v) is 13.4. The van der Waals surface area contributed by atoms with Gasteiger partial charge in [0.15, 0.2) is 5.78 Å². The van der Waals surface area contributed by atoms with E-state index in [1.165, 1.54) is 33.0 Å². The summed E-state index contributed by atoms with van der Waals surface area (Å²) in [7, 11) is -1.80. The van der Waals surface area contributed by atoms with Gasteiger partial charge in [-0.15, -0.1) is 0 Å². The minimum absolute atomic E-state index is 0.178. The molecular formula is C25H24O2Si. The van der Waals surface area contributed by atoms with Crippen molar-refractivity contribution in [1.82, 2.24) is 0 Å². The Hall–Kier alpha value is -2.65. The van der Waals surface area contributed by atoms with Crippen molar-refractivity contribution in [3.63, 3.8) is 0 Å². The topological polar surface area (TPSA) is 26.3 Å². The summed E-state index contributed by atoms with van der Waals surface area (Å²) < 4.78 is 6.23. The molecule has 0 spiro atoms. The number of carbonyl (C=O) groups excluding carboxylic acids is 1. The molecule has 2 aliphatic rings. The highest BCUT2D eigenvalue weighted by atomic mass is 28.3. The van der Waals surface area contributed by atoms with Crippen molar-refractivity contribution in [2.45, 2.75) is 40.1 Å². The first-order valence-electron chi connectivity index (χ1n) is 9.86. The van der Waals surface area contributed by atoms with Crippen LogP contribution >= 0.6 is 0 Å². The third kappa shape index (κ3) is 2.29. The smallest absolute Gasteiger partial charge is 0.194 e. The molecule has 0 unspecified atom stereocenters. The Balaban J connectivity index is 1.93. The second-order valence-electron chi connectivity index (χ2n) is 9.07. The SMILES string of the molecule is Cc1cc(C)c2c(c1)OCc1c-2cc2c(c1[Si](C)(C)C)C(=O)c1ccccc1-2. The van der Waals surface area contributed by atoms with Gasteiger partial charge in [0, 0.05) is 16.7 Å². The maximum Gasteiger partial charge on any atom is 0.194 e. The summed E-state index contributed by atoms with van der Waals surface area (Å²) in [6.45, 7) is 11.8. The fourth-order valence-electron chi connectivity index (χ4n) is 4.96. The summed E-state index contributed by atoms with van der Waals surface area (Å²) in [6, 6.07) is 14.6. The molecule has 5 rings (SSSR count). The highest BCUT2D eigenvalue weighted by molar-refractivity contribution is 6.90. The standard InChI is InChI=1S/C25H24O2Si/c1-14-10-15(2)22-19-12-18-16-8-6-7-9-17(16)24(26)23(18)25(28(3,4)5)20(19)13-27-21(22)11-14/h6-12H,13H2,1-5H3. The molecule has 1 aliphatic heterocycles. The molecule has 1 heterocycles. The second-order valence-corrected chi connectivity index (χ2v) is 14.1. The van der Waals surface area contributed by atoms with Crippen LogP contribution in [-0.4, -0.2) is 13.9 Å². The number of ether oxygens (including phenoxy) is 1. The molecule has 140 valence electrons. The van der Waals surface area contributed by atoms with E-state index in [0.29, 0.717) is 6.61 Å². The lowest BCUT2D eigenvalue weighted by Crippen LogP contribution is -2.44. The lowest BCUT2D eigenvalue weighted by atomic mass is 9.88. The number of ketones is 1. The molecule has 0 radical (unpaired) electrons. The first-order chi connectivity index (χ1) is 13.3. The van der Waals surface area contributed by atoms with E-state index < -0.39 is 8.07 Å². The number of fused-ring (bicyclic) bond motifs is 6. The number of benzene rings is 3. The molecule has 28 heavy (non-hydrogen) atoms. The van der Waals surface area contributed by atoms with E-state index in [0.717, 1.165) is 28.0 Å². The Bertz CT molecular complexity index is 1180. The Kier molecular flexibility index (Phi) is 3.54. The number of hydrogen-bond acceptors (Lipinski definition) is 2. The van der Waals surface area contributed by atoms with Crippen molar-refractivity contribution in [2.75, 3.05) is 0 Å². The van der Waals surface area contributed by atoms with Crippen molar-refractivity contribution in [2.24, 2.45) is 0 Å². The minimum Gasteiger partial charge on any atom is -0.488 e. The summed E-state index contributed by atoms with van der Waals surface area (Å²) in [4.78, 5) is 13.4. The summed E-state index contributed by atoms with van der Waals surface area (Å²) in [5, 5.41) is 1.27. The molecule has 3 heteroatoms. The molecule has 0 N–H and O–H groups in total. The highest BCUT2D eigenvalue weighted by Crippen LogP contribution is 2.46. The zero-order chi connectivity index (χ0) is 19.8. The molecular weight excluding hydrogens is 360 g/mol. The quantitative estimate of drug-likeness (QED) is 0.398. The average Bonchev–Trinajstić information content (AvgIpc) is 2.91. The van der Waals surface area contributed by atoms with Gasteiger partial charge in [-0.1, -0.05) is 50.0 Å². The van der Waals surface area contributed by atoms with Gasteiger partial charge in [-0.05, 0) is 64.5 Å². The first kappa shape index (κ1) is 17.4. The molecule has 1 aliphatic carbocycles. The maximum atomic E-state index is 13.4. The van der Waals surface area contributed by atoms with Gasteiger partial charge in [-0.3, -0.25) is 4.79 Å². The van der Waals surface area contributed by atoms with Crippen LogP contribution in [0.2, 0.25) is 19.6 Å². The van der Waals surface area contributed by atoms with E-state index in [4.69, 9.17) is 4.74 Å². The molecule has 0 amide bonds. The predicted molar refractivity (Wildman–Crippen MR) is 118 cm³/mol. The monoisotopic (exact) mass is 384 g/mol. The maximum absolute atomic E-state index is 13.4. The van der Waals surface area contributed by atoms with Crippen molar-refractivity contribution in [3.05, 3.63) is 70.3 Å². The van der Waals surface area contributed by atoms with Gasteiger partial charge in [0.25, 0.3) is 0 Å². The van der Waals surface area contributed by atoms with E-state index in [9.17, 15) is 4.79 Å². The van der Waals surface area contributed by atoms with Gasteiger partial charge in [0.05, 0.1) is 8.07 Å². The number of aryl methyl sites for hydroxylation is 2. The second kappa shape index (κ2) is 5.68. The molecule has 0 bridgehead atoms. The van der Waals surface area contributed by atoms with Gasteiger partial charge in [0.2, 0.25) is 0 Å². The van der Waals surface area contributed by atoms with Crippen molar-refractivity contribution in [1.29, 1.82) is 0 Å². The highest BCUT2D eigenvalue weighted by Gasteiger charge is 2.38. The van der Waals surface area contributed by atoms with E-state index >= 15 is 0 Å². The van der Waals surface area contributed by atoms with Crippen LogP contribution in [0, 0.1) is 13.8 Å². The van der Waals surface area contributed by atoms with Crippen molar-refractivity contribution >= 4 is 19.0 Å². The number of carbonyl (C=O) groups is 1. The van der Waals surface area contributed by atoms with Gasteiger partial charge in [-0.2, -0.15) is 0 Å². The van der Waals surface area contributed by atoms with E-state index in [1.807, 2.05) is 18.2 Å². The number of rotatable bonds is 1. The zero-order valence-electron chi connectivity index (χ0n) is 17.1. The predicted octanol–water partition coefficient (Wildman–Crippen LogP) is 5.62. The summed E-state index contributed by atoms with van der Waals surface area (Å²) in [5.41, 5.74) is 10.0. The van der Waals surface area contributed by atoms with Gasteiger partial charge >= 0.3 is 0 Å². The Labute approximate surface area is 167 Å². The van der Waals surface area contributed by atoms with Crippen LogP contribution in [0.25, 0.3) is 22.3 Å². The van der Waals surface area contributed by atoms with Crippen molar-refractivity contribution < 1.29 is 9.53 Å². The molecule has 0 saturated carbocycles. The average molecular weight is 385 g/mol. The third-order valence-corrected chi connectivity index (χ3v) is 8.01. The van der Waals surface area contributed by atoms with Crippen LogP contribution in [0.1, 0.15) is 32.6 Å². The summed E-state index contributed by atoms with van der Waals surface area (Å²) >= 11 is 0. The van der Waals surface area contributed by atoms with Crippen LogP contribution in [0.15, 0.2) is 42.5 Å².